The van der Waals surface area contributed by atoms with Gasteiger partial charge in [0.25, 0.3) is 21.6 Å². The van der Waals surface area contributed by atoms with Gasteiger partial charge < -0.3 is 29.8 Å². The van der Waals surface area contributed by atoms with E-state index in [1.54, 1.807) is 24.4 Å². The van der Waals surface area contributed by atoms with Crippen molar-refractivity contribution in [3.8, 4) is 17.2 Å². The SMILES string of the molecule is CC1(C)CCC(CN2CCN(c3ccc(C(=O)NS(=O)(=O)c4cc5c(c([N+](=O)[O-])c4)N[C@@H](CO)CO5)c(Oc4cnc5[nH]ccc5c4)c3)CC2)=C(c2ccc(Cl)cc2)C1. The van der Waals surface area contributed by atoms with Crippen molar-refractivity contribution in [3.05, 3.63) is 111 Å². The Morgan fingerprint density at radius 3 is 2.63 bits per heavy atom. The highest BCUT2D eigenvalue weighted by Crippen LogP contribution is 2.44. The smallest absolute Gasteiger partial charge is 0.297 e. The van der Waals surface area contributed by atoms with Gasteiger partial charge in [0, 0.05) is 73.2 Å². The summed E-state index contributed by atoms with van der Waals surface area (Å²) < 4.78 is 41.2. The molecule has 3 aliphatic rings. The number of piperazine rings is 1. The van der Waals surface area contributed by atoms with Crippen LogP contribution in [0.3, 0.4) is 0 Å². The zero-order valence-corrected chi connectivity index (χ0v) is 34.1. The molecule has 0 radical (unpaired) electrons. The zero-order valence-electron chi connectivity index (χ0n) is 32.5. The Labute approximate surface area is 346 Å². The molecule has 5 aromatic rings. The maximum Gasteiger partial charge on any atom is 0.297 e. The fourth-order valence-corrected chi connectivity index (χ4v) is 9.01. The van der Waals surface area contributed by atoms with E-state index in [2.05, 4.69) is 55.8 Å². The van der Waals surface area contributed by atoms with Crippen molar-refractivity contribution in [3.63, 3.8) is 0 Å². The Morgan fingerprint density at radius 2 is 1.88 bits per heavy atom. The monoisotopic (exact) mass is 841 g/mol. The van der Waals surface area contributed by atoms with Gasteiger partial charge in [-0.2, -0.15) is 0 Å². The maximum absolute atomic E-state index is 13.9. The molecule has 0 unspecified atom stereocenters. The number of nitrogens with one attached hydrogen (secondary N) is 3. The number of aromatic nitrogens is 2. The molecule has 0 spiro atoms. The lowest BCUT2D eigenvalue weighted by molar-refractivity contribution is -0.384. The first kappa shape index (κ1) is 40.1. The lowest BCUT2D eigenvalue weighted by atomic mass is 9.72. The maximum atomic E-state index is 13.9. The molecule has 59 heavy (non-hydrogen) atoms. The van der Waals surface area contributed by atoms with E-state index in [0.717, 1.165) is 67.1 Å². The van der Waals surface area contributed by atoms with Crippen molar-refractivity contribution in [2.75, 3.05) is 56.2 Å². The van der Waals surface area contributed by atoms with Crippen LogP contribution in [0.1, 0.15) is 49.0 Å². The number of nitrogens with zero attached hydrogens (tertiary/aromatic N) is 4. The van der Waals surface area contributed by atoms with Crippen LogP contribution in [-0.2, 0) is 10.0 Å². The van der Waals surface area contributed by atoms with Crippen molar-refractivity contribution in [2.24, 2.45) is 5.41 Å². The van der Waals surface area contributed by atoms with Crippen LogP contribution >= 0.6 is 11.6 Å². The summed E-state index contributed by atoms with van der Waals surface area (Å²) in [4.78, 5) is 36.6. The number of hydrogen-bond acceptors (Lipinski definition) is 12. The highest BCUT2D eigenvalue weighted by Gasteiger charge is 2.33. The largest absolute Gasteiger partial charge is 0.489 e. The minimum atomic E-state index is -4.67. The number of carbonyl (C=O) groups excluding carboxylic acids is 1. The highest BCUT2D eigenvalue weighted by molar-refractivity contribution is 7.90. The van der Waals surface area contributed by atoms with Crippen molar-refractivity contribution in [1.29, 1.82) is 0 Å². The number of aromatic amines is 1. The van der Waals surface area contributed by atoms with E-state index in [1.807, 2.05) is 18.2 Å². The lowest BCUT2D eigenvalue weighted by Gasteiger charge is -2.39. The molecule has 1 fully saturated rings. The number of nitro benzene ring substituents is 1. The van der Waals surface area contributed by atoms with Crippen LogP contribution < -0.4 is 24.4 Å². The molecule has 0 bridgehead atoms. The quantitative estimate of drug-likeness (QED) is 0.0789. The lowest BCUT2D eigenvalue weighted by Crippen LogP contribution is -2.47. The molecule has 1 atom stereocenters. The molecular formula is C42H44ClN7O8S. The van der Waals surface area contributed by atoms with Crippen LogP contribution in [0.2, 0.25) is 5.02 Å². The standard InChI is InChI=1S/C42H44ClN7O8S/c1-42(2)11-9-28(35(21-42)26-3-5-29(43)6-4-26)23-48-13-15-49(16-14-48)31-7-8-34(37(18-31)58-32-17-27-10-12-44-40(27)45-22-32)41(52)47-59(55,56)33-19-36(50(53)54)39-38(20-33)57-25-30(24-51)46-39/h3-8,10,12,17-20,22,30,46,51H,9,11,13-16,21,23-25H2,1-2H3,(H,44,45)(H,47,52)/t30-/m0/s1. The Bertz CT molecular complexity index is 2570. The molecule has 1 aliphatic carbocycles. The topological polar surface area (TPSA) is 192 Å². The molecule has 15 nitrogen and oxygen atoms in total. The summed E-state index contributed by atoms with van der Waals surface area (Å²) in [6.07, 6.45) is 6.41. The second-order valence-corrected chi connectivity index (χ2v) is 18.0. The number of aliphatic hydroxyl groups is 1. The number of sulfonamides is 1. The van der Waals surface area contributed by atoms with E-state index < -0.39 is 37.5 Å². The third-order valence-corrected chi connectivity index (χ3v) is 12.7. The highest BCUT2D eigenvalue weighted by atomic mass is 35.5. The van der Waals surface area contributed by atoms with Crippen LogP contribution in [-0.4, -0.2) is 91.2 Å². The number of nitro groups is 1. The third kappa shape index (κ3) is 8.71. The van der Waals surface area contributed by atoms with Crippen LogP contribution in [0, 0.1) is 15.5 Å². The first-order valence-electron chi connectivity index (χ1n) is 19.3. The van der Waals surface area contributed by atoms with Crippen LogP contribution in [0.25, 0.3) is 16.6 Å². The summed E-state index contributed by atoms with van der Waals surface area (Å²) in [7, 11) is -4.67. The number of pyridine rings is 1. The predicted molar refractivity (Wildman–Crippen MR) is 225 cm³/mol. The minimum Gasteiger partial charge on any atom is -0.489 e. The summed E-state index contributed by atoms with van der Waals surface area (Å²) in [6, 6.07) is 18.0. The van der Waals surface area contributed by atoms with Crippen LogP contribution in [0.4, 0.5) is 17.1 Å². The van der Waals surface area contributed by atoms with Gasteiger partial charge in [0.15, 0.2) is 11.4 Å². The number of H-pyrrole nitrogens is 1. The van der Waals surface area contributed by atoms with Gasteiger partial charge in [0.1, 0.15) is 23.8 Å². The van der Waals surface area contributed by atoms with Gasteiger partial charge in [0.2, 0.25) is 0 Å². The number of amides is 1. The number of benzene rings is 3. The molecule has 2 aliphatic heterocycles. The predicted octanol–water partition coefficient (Wildman–Crippen LogP) is 6.99. The Morgan fingerprint density at radius 1 is 1.10 bits per heavy atom. The molecular weight excluding hydrogens is 798 g/mol. The van der Waals surface area contributed by atoms with Gasteiger partial charge in [-0.15, -0.1) is 0 Å². The number of anilines is 2. The molecule has 4 heterocycles. The average Bonchev–Trinajstić information content (AvgIpc) is 3.69. The molecule has 0 saturated carbocycles. The number of fused-ring (bicyclic) bond motifs is 2. The Kier molecular flexibility index (Phi) is 11.0. The zero-order chi connectivity index (χ0) is 41.5. The van der Waals surface area contributed by atoms with Crippen LogP contribution in [0.15, 0.2) is 89.6 Å². The number of allylic oxidation sites excluding steroid dienone is 1. The van der Waals surface area contributed by atoms with Crippen molar-refractivity contribution < 1.29 is 32.7 Å². The summed E-state index contributed by atoms with van der Waals surface area (Å²) in [5.41, 5.74) is 4.99. The van der Waals surface area contributed by atoms with E-state index in [9.17, 15) is 28.4 Å². The van der Waals surface area contributed by atoms with Gasteiger partial charge in [-0.1, -0.05) is 43.2 Å². The molecule has 1 saturated heterocycles. The fraction of sp³-hybridized carbons (Fsp3) is 0.333. The normalized spacial score (nSPS) is 18.2. The summed E-state index contributed by atoms with van der Waals surface area (Å²) in [5.74, 6) is -0.685. The Hall–Kier alpha value is -5.68. The minimum absolute atomic E-state index is 0.0517. The second kappa shape index (κ2) is 16.2. The number of halogens is 1. The first-order valence-corrected chi connectivity index (χ1v) is 21.2. The average molecular weight is 842 g/mol. The number of aliphatic hydroxyl groups excluding tert-OH is 1. The van der Waals surface area contributed by atoms with Crippen LogP contribution in [0.5, 0.6) is 17.2 Å². The summed E-state index contributed by atoms with van der Waals surface area (Å²) in [5, 5.41) is 25.8. The van der Waals surface area contributed by atoms with Crippen molar-refractivity contribution in [2.45, 2.75) is 44.0 Å². The van der Waals surface area contributed by atoms with E-state index in [1.165, 1.54) is 29.0 Å². The van der Waals surface area contributed by atoms with Gasteiger partial charge in [-0.05, 0) is 72.2 Å². The molecule has 8 rings (SSSR count). The number of carbonyl (C=O) groups is 1. The van der Waals surface area contributed by atoms with Gasteiger partial charge in [0.05, 0.1) is 34.2 Å². The first-order chi connectivity index (χ1) is 28.2. The van der Waals surface area contributed by atoms with Crippen molar-refractivity contribution in [1.82, 2.24) is 19.6 Å². The summed E-state index contributed by atoms with van der Waals surface area (Å²) in [6.45, 7) is 8.13. The third-order valence-electron chi connectivity index (χ3n) is 11.1. The summed E-state index contributed by atoms with van der Waals surface area (Å²) >= 11 is 6.23. The number of hydrogen-bond donors (Lipinski definition) is 4. The second-order valence-electron chi connectivity index (χ2n) is 15.9. The van der Waals surface area contributed by atoms with Gasteiger partial charge in [-0.3, -0.25) is 19.8 Å². The van der Waals surface area contributed by atoms with E-state index in [4.69, 9.17) is 21.1 Å². The molecule has 308 valence electrons. The molecule has 1 amide bonds. The van der Waals surface area contributed by atoms with Crippen molar-refractivity contribution >= 4 is 61.2 Å². The number of ether oxygens (including phenoxy) is 2. The molecule has 3 aromatic carbocycles. The van der Waals surface area contributed by atoms with Gasteiger partial charge in [-0.25, -0.2) is 18.1 Å². The Balaban J connectivity index is 1.04. The van der Waals surface area contributed by atoms with E-state index in [-0.39, 0.29) is 41.4 Å². The molecule has 2 aromatic heterocycles. The van der Waals surface area contributed by atoms with Gasteiger partial charge >= 0.3 is 0 Å². The molecule has 4 N–H and O–H groups in total. The van der Waals surface area contributed by atoms with E-state index in [0.29, 0.717) is 24.5 Å². The molecule has 17 heteroatoms. The number of rotatable bonds is 11. The van der Waals surface area contributed by atoms with E-state index >= 15 is 0 Å². The fourth-order valence-electron chi connectivity index (χ4n) is 7.88.